The largest absolute Gasteiger partial charge is 0.495 e. The number of rotatable bonds is 11. The molecule has 0 saturated carbocycles. The Morgan fingerprint density at radius 3 is 2.08 bits per heavy atom. The molecular formula is C25H27F3N4O7. The summed E-state index contributed by atoms with van der Waals surface area (Å²) in [5.41, 5.74) is 2.10. The van der Waals surface area contributed by atoms with Crippen molar-refractivity contribution in [3.63, 3.8) is 0 Å². The Labute approximate surface area is 221 Å². The van der Waals surface area contributed by atoms with E-state index < -0.39 is 55.0 Å². The molecule has 0 spiro atoms. The maximum atomic E-state index is 12.5. The molecule has 0 radical (unpaired) electrons. The van der Waals surface area contributed by atoms with E-state index in [0.29, 0.717) is 12.1 Å². The van der Waals surface area contributed by atoms with E-state index in [-0.39, 0.29) is 13.0 Å². The molecule has 2 rings (SSSR count). The molecule has 39 heavy (non-hydrogen) atoms. The molecule has 14 heteroatoms. The molecule has 0 aliphatic rings. The molecule has 0 aliphatic heterocycles. The summed E-state index contributed by atoms with van der Waals surface area (Å²) in [6.45, 7) is 1.67. The van der Waals surface area contributed by atoms with Crippen molar-refractivity contribution in [3.8, 4) is 11.1 Å². The molecule has 11 nitrogen and oxygen atoms in total. The zero-order valence-electron chi connectivity index (χ0n) is 20.8. The van der Waals surface area contributed by atoms with Gasteiger partial charge in [-0.2, -0.15) is 13.2 Å². The Balaban J connectivity index is 2.02. The van der Waals surface area contributed by atoms with Gasteiger partial charge >= 0.3 is 24.1 Å². The van der Waals surface area contributed by atoms with Crippen molar-refractivity contribution in [1.82, 2.24) is 21.3 Å². The second kappa shape index (κ2) is 15.0. The van der Waals surface area contributed by atoms with Crippen LogP contribution >= 0.6 is 0 Å². The third-order valence-electron chi connectivity index (χ3n) is 4.99. The van der Waals surface area contributed by atoms with Gasteiger partial charge in [-0.25, -0.2) is 24.2 Å². The SMILES string of the molecule is CCNC(=O)NCCC(=O)NCC(=O)NC(CC(=O)OOC(=O)C(F)(F)F)c1ccc(-c2ccccc2)cc1. The van der Waals surface area contributed by atoms with Crippen molar-refractivity contribution in [2.45, 2.75) is 32.0 Å². The molecule has 210 valence electrons. The van der Waals surface area contributed by atoms with E-state index in [1.807, 2.05) is 30.3 Å². The number of hydrogen-bond donors (Lipinski definition) is 4. The zero-order chi connectivity index (χ0) is 28.8. The molecule has 0 saturated heterocycles. The summed E-state index contributed by atoms with van der Waals surface area (Å²) >= 11 is 0. The lowest BCUT2D eigenvalue weighted by Crippen LogP contribution is -2.41. The van der Waals surface area contributed by atoms with Crippen molar-refractivity contribution < 1.29 is 46.9 Å². The molecule has 4 N–H and O–H groups in total. The van der Waals surface area contributed by atoms with Crippen molar-refractivity contribution in [3.05, 3.63) is 60.2 Å². The highest BCUT2D eigenvalue weighted by Gasteiger charge is 2.43. The number of nitrogens with one attached hydrogen (secondary N) is 4. The fraction of sp³-hybridized carbons (Fsp3) is 0.320. The first-order valence-corrected chi connectivity index (χ1v) is 11.7. The number of amides is 4. The van der Waals surface area contributed by atoms with Gasteiger partial charge in [0.05, 0.1) is 19.0 Å². The Kier molecular flexibility index (Phi) is 11.7. The van der Waals surface area contributed by atoms with Gasteiger partial charge in [-0.1, -0.05) is 54.6 Å². The van der Waals surface area contributed by atoms with Crippen LogP contribution in [0.1, 0.15) is 31.4 Å². The molecule has 2 aromatic rings. The minimum Gasteiger partial charge on any atom is -0.347 e. The summed E-state index contributed by atoms with van der Waals surface area (Å²) in [6, 6.07) is 14.3. The van der Waals surface area contributed by atoms with Crippen LogP contribution in [0.4, 0.5) is 18.0 Å². The summed E-state index contributed by atoms with van der Waals surface area (Å²) in [7, 11) is 0. The Morgan fingerprint density at radius 2 is 1.46 bits per heavy atom. The van der Waals surface area contributed by atoms with E-state index in [9.17, 15) is 37.1 Å². The van der Waals surface area contributed by atoms with Gasteiger partial charge in [0, 0.05) is 19.5 Å². The molecule has 1 unspecified atom stereocenters. The first-order valence-electron chi connectivity index (χ1n) is 11.7. The van der Waals surface area contributed by atoms with Gasteiger partial charge in [0.25, 0.3) is 0 Å². The summed E-state index contributed by atoms with van der Waals surface area (Å²) in [6.07, 6.45) is -6.16. The number of alkyl halides is 3. The van der Waals surface area contributed by atoms with Gasteiger partial charge in [-0.05, 0) is 23.6 Å². The molecular weight excluding hydrogens is 525 g/mol. The van der Waals surface area contributed by atoms with Crippen LogP contribution in [0.2, 0.25) is 0 Å². The van der Waals surface area contributed by atoms with E-state index in [1.165, 1.54) is 0 Å². The van der Waals surface area contributed by atoms with E-state index in [1.54, 1.807) is 31.2 Å². The van der Waals surface area contributed by atoms with Crippen LogP contribution in [-0.2, 0) is 29.0 Å². The minimum absolute atomic E-state index is 0.0260. The number of carbonyl (C=O) groups is 5. The average Bonchev–Trinajstić information content (AvgIpc) is 2.90. The smallest absolute Gasteiger partial charge is 0.347 e. The number of urea groups is 1. The highest BCUT2D eigenvalue weighted by molar-refractivity contribution is 5.85. The van der Waals surface area contributed by atoms with Crippen LogP contribution in [0, 0.1) is 0 Å². The maximum Gasteiger partial charge on any atom is 0.495 e. The standard InChI is InChI=1S/C25H27F3N4O7/c1-2-29-24(37)30-13-12-20(33)31-15-21(34)32-19(14-22(35)38-39-23(36)25(26,27)28)18-10-8-17(9-11-18)16-6-4-3-5-7-16/h3-11,19H,2,12-15H2,1H3,(H,31,33)(H,32,34)(H2,29,30,37). The molecule has 0 fully saturated rings. The summed E-state index contributed by atoms with van der Waals surface area (Å²) < 4.78 is 36.9. The van der Waals surface area contributed by atoms with E-state index in [0.717, 1.165) is 11.1 Å². The first-order chi connectivity index (χ1) is 18.5. The Bertz CT molecular complexity index is 1140. The fourth-order valence-corrected chi connectivity index (χ4v) is 3.15. The number of halogens is 3. The third kappa shape index (κ3) is 11.1. The highest BCUT2D eigenvalue weighted by atomic mass is 19.4. The quantitative estimate of drug-likeness (QED) is 0.247. The van der Waals surface area contributed by atoms with Crippen LogP contribution in [0.5, 0.6) is 0 Å². The minimum atomic E-state index is -5.37. The van der Waals surface area contributed by atoms with E-state index in [4.69, 9.17) is 0 Å². The van der Waals surface area contributed by atoms with E-state index in [2.05, 4.69) is 31.0 Å². The summed E-state index contributed by atoms with van der Waals surface area (Å²) in [5.74, 6) is -5.33. The second-order valence-electron chi connectivity index (χ2n) is 7.95. The monoisotopic (exact) mass is 552 g/mol. The predicted molar refractivity (Wildman–Crippen MR) is 130 cm³/mol. The molecule has 1 atom stereocenters. The lowest BCUT2D eigenvalue weighted by molar-refractivity contribution is -0.286. The Morgan fingerprint density at radius 1 is 0.821 bits per heavy atom. The van der Waals surface area contributed by atoms with Crippen LogP contribution in [0.15, 0.2) is 54.6 Å². The lowest BCUT2D eigenvalue weighted by atomic mass is 9.99. The molecule has 2 aromatic carbocycles. The third-order valence-corrected chi connectivity index (χ3v) is 4.99. The number of benzene rings is 2. The van der Waals surface area contributed by atoms with Crippen molar-refractivity contribution >= 4 is 29.8 Å². The van der Waals surface area contributed by atoms with Gasteiger partial charge < -0.3 is 21.3 Å². The Hall–Kier alpha value is -4.62. The van der Waals surface area contributed by atoms with Crippen LogP contribution in [-0.4, -0.2) is 55.6 Å². The van der Waals surface area contributed by atoms with Gasteiger partial charge in [0.2, 0.25) is 11.8 Å². The lowest BCUT2D eigenvalue weighted by Gasteiger charge is -2.19. The van der Waals surface area contributed by atoms with Crippen LogP contribution in [0.25, 0.3) is 11.1 Å². The summed E-state index contributed by atoms with van der Waals surface area (Å²) in [4.78, 5) is 66.1. The topological polar surface area (TPSA) is 152 Å². The molecule has 0 aromatic heterocycles. The summed E-state index contributed by atoms with van der Waals surface area (Å²) in [5, 5.41) is 9.79. The van der Waals surface area contributed by atoms with Crippen molar-refractivity contribution in [1.29, 1.82) is 0 Å². The molecule has 0 heterocycles. The van der Waals surface area contributed by atoms with Crippen molar-refractivity contribution in [2.75, 3.05) is 19.6 Å². The number of carbonyl (C=O) groups excluding carboxylic acids is 5. The van der Waals surface area contributed by atoms with Gasteiger partial charge in [0.1, 0.15) is 0 Å². The zero-order valence-corrected chi connectivity index (χ0v) is 20.8. The normalized spacial score (nSPS) is 11.5. The van der Waals surface area contributed by atoms with Crippen LogP contribution in [0.3, 0.4) is 0 Å². The van der Waals surface area contributed by atoms with E-state index >= 15 is 0 Å². The highest BCUT2D eigenvalue weighted by Crippen LogP contribution is 2.24. The van der Waals surface area contributed by atoms with Crippen molar-refractivity contribution in [2.24, 2.45) is 0 Å². The van der Waals surface area contributed by atoms with Gasteiger partial charge in [0.15, 0.2) is 0 Å². The second-order valence-corrected chi connectivity index (χ2v) is 7.95. The molecule has 0 bridgehead atoms. The van der Waals surface area contributed by atoms with Gasteiger partial charge in [-0.15, -0.1) is 0 Å². The predicted octanol–water partition coefficient (Wildman–Crippen LogP) is 2.29. The van der Waals surface area contributed by atoms with Crippen LogP contribution < -0.4 is 21.3 Å². The molecule has 0 aliphatic carbocycles. The first kappa shape index (κ1) is 30.6. The average molecular weight is 553 g/mol. The molecule has 4 amide bonds. The van der Waals surface area contributed by atoms with Gasteiger partial charge in [-0.3, -0.25) is 9.59 Å². The number of hydrogen-bond acceptors (Lipinski definition) is 7. The maximum absolute atomic E-state index is 12.5. The fourth-order valence-electron chi connectivity index (χ4n) is 3.15.